The standard InChI is InChI=1S/C19H17N7O/c1-13-7-8-14(9-17(13)19(27)21-15-5-3-2-4-6-15)18-12-26(25-23-18)11-16-10-20-24-22-16/h2-10,12H,11H2,1H3,(H,21,27)(H,20,22,24). The molecule has 0 aliphatic rings. The number of amides is 1. The van der Waals surface area contributed by atoms with Crippen LogP contribution >= 0.6 is 0 Å². The van der Waals surface area contributed by atoms with Crippen LogP contribution in [0.1, 0.15) is 21.6 Å². The Kier molecular flexibility index (Phi) is 4.44. The monoisotopic (exact) mass is 359 g/mol. The van der Waals surface area contributed by atoms with Gasteiger partial charge in [-0.2, -0.15) is 15.4 Å². The molecule has 27 heavy (non-hydrogen) atoms. The lowest BCUT2D eigenvalue weighted by Gasteiger charge is -2.09. The van der Waals surface area contributed by atoms with Gasteiger partial charge in [0.25, 0.3) is 5.91 Å². The van der Waals surface area contributed by atoms with Crippen molar-refractivity contribution in [3.8, 4) is 11.3 Å². The number of aromatic nitrogens is 6. The van der Waals surface area contributed by atoms with E-state index in [1.165, 1.54) is 0 Å². The lowest BCUT2D eigenvalue weighted by atomic mass is 10.0. The second-order valence-electron chi connectivity index (χ2n) is 6.11. The Morgan fingerprint density at radius 2 is 2.04 bits per heavy atom. The van der Waals surface area contributed by atoms with Gasteiger partial charge in [0.05, 0.1) is 18.9 Å². The largest absolute Gasteiger partial charge is 0.322 e. The second-order valence-corrected chi connectivity index (χ2v) is 6.11. The van der Waals surface area contributed by atoms with Crippen molar-refractivity contribution in [3.05, 3.63) is 77.7 Å². The summed E-state index contributed by atoms with van der Waals surface area (Å²) < 4.78 is 1.68. The second kappa shape index (κ2) is 7.20. The van der Waals surface area contributed by atoms with Crippen molar-refractivity contribution in [2.75, 3.05) is 5.32 Å². The highest BCUT2D eigenvalue weighted by Gasteiger charge is 2.13. The molecular weight excluding hydrogens is 342 g/mol. The Morgan fingerprint density at radius 3 is 2.81 bits per heavy atom. The molecule has 0 radical (unpaired) electrons. The van der Waals surface area contributed by atoms with Crippen molar-refractivity contribution in [3.63, 3.8) is 0 Å². The van der Waals surface area contributed by atoms with Crippen LogP contribution in [0.5, 0.6) is 0 Å². The van der Waals surface area contributed by atoms with Gasteiger partial charge in [-0.05, 0) is 30.7 Å². The first-order valence-corrected chi connectivity index (χ1v) is 8.41. The number of nitrogens with zero attached hydrogens (tertiary/aromatic N) is 5. The van der Waals surface area contributed by atoms with Gasteiger partial charge in [0.15, 0.2) is 0 Å². The summed E-state index contributed by atoms with van der Waals surface area (Å²) in [5, 5.41) is 21.6. The van der Waals surface area contributed by atoms with Crippen LogP contribution in [0.3, 0.4) is 0 Å². The lowest BCUT2D eigenvalue weighted by Crippen LogP contribution is -2.13. The quantitative estimate of drug-likeness (QED) is 0.570. The fraction of sp³-hybridized carbons (Fsp3) is 0.105. The van der Waals surface area contributed by atoms with E-state index >= 15 is 0 Å². The van der Waals surface area contributed by atoms with E-state index < -0.39 is 0 Å². The zero-order valence-corrected chi connectivity index (χ0v) is 14.6. The van der Waals surface area contributed by atoms with Gasteiger partial charge in [-0.1, -0.05) is 35.5 Å². The van der Waals surface area contributed by atoms with Gasteiger partial charge < -0.3 is 5.32 Å². The van der Waals surface area contributed by atoms with Crippen molar-refractivity contribution < 1.29 is 4.79 Å². The first-order valence-electron chi connectivity index (χ1n) is 8.41. The number of rotatable bonds is 5. The van der Waals surface area contributed by atoms with Crippen molar-refractivity contribution in [1.82, 2.24) is 30.4 Å². The molecule has 8 nitrogen and oxygen atoms in total. The maximum absolute atomic E-state index is 12.7. The molecule has 134 valence electrons. The van der Waals surface area contributed by atoms with E-state index in [1.807, 2.05) is 61.7 Å². The van der Waals surface area contributed by atoms with Gasteiger partial charge >= 0.3 is 0 Å². The van der Waals surface area contributed by atoms with Gasteiger partial charge in [-0.25, -0.2) is 4.68 Å². The number of aromatic amines is 1. The Balaban J connectivity index is 1.57. The number of carbonyl (C=O) groups is 1. The third kappa shape index (κ3) is 3.74. The van der Waals surface area contributed by atoms with Crippen LogP contribution in [-0.4, -0.2) is 36.3 Å². The predicted molar refractivity (Wildman–Crippen MR) is 100 cm³/mol. The number of anilines is 1. The highest BCUT2D eigenvalue weighted by molar-refractivity contribution is 6.05. The van der Waals surface area contributed by atoms with Crippen LogP contribution in [0.2, 0.25) is 0 Å². The highest BCUT2D eigenvalue weighted by atomic mass is 16.1. The van der Waals surface area contributed by atoms with Crippen LogP contribution in [0.4, 0.5) is 5.69 Å². The molecule has 2 aromatic heterocycles. The molecule has 4 rings (SSSR count). The molecule has 2 heterocycles. The number of para-hydroxylation sites is 1. The van der Waals surface area contributed by atoms with Gasteiger partial charge in [0.2, 0.25) is 0 Å². The van der Waals surface area contributed by atoms with E-state index in [2.05, 4.69) is 31.0 Å². The molecule has 0 aliphatic carbocycles. The molecule has 0 aliphatic heterocycles. The van der Waals surface area contributed by atoms with Crippen molar-refractivity contribution >= 4 is 11.6 Å². The number of nitrogens with one attached hydrogen (secondary N) is 2. The fourth-order valence-corrected chi connectivity index (χ4v) is 2.72. The first kappa shape index (κ1) is 16.6. The minimum Gasteiger partial charge on any atom is -0.322 e. The summed E-state index contributed by atoms with van der Waals surface area (Å²) in [4.78, 5) is 12.7. The highest BCUT2D eigenvalue weighted by Crippen LogP contribution is 2.21. The molecule has 0 fully saturated rings. The number of carbonyl (C=O) groups excluding carboxylic acids is 1. The number of hydrogen-bond acceptors (Lipinski definition) is 5. The number of hydrogen-bond donors (Lipinski definition) is 2. The van der Waals surface area contributed by atoms with E-state index in [0.717, 1.165) is 22.5 Å². The lowest BCUT2D eigenvalue weighted by molar-refractivity contribution is 0.102. The van der Waals surface area contributed by atoms with Gasteiger partial charge in [-0.3, -0.25) is 4.79 Å². The predicted octanol–water partition coefficient (Wildman–Crippen LogP) is 2.67. The summed E-state index contributed by atoms with van der Waals surface area (Å²) in [7, 11) is 0. The number of benzene rings is 2. The molecule has 0 spiro atoms. The molecule has 0 atom stereocenters. The minimum absolute atomic E-state index is 0.157. The van der Waals surface area contributed by atoms with E-state index in [4.69, 9.17) is 0 Å². The summed E-state index contributed by atoms with van der Waals surface area (Å²) in [5.41, 5.74) is 4.52. The fourth-order valence-electron chi connectivity index (χ4n) is 2.72. The number of aryl methyl sites for hydroxylation is 1. The third-order valence-corrected chi connectivity index (χ3v) is 4.14. The van der Waals surface area contributed by atoms with E-state index in [0.29, 0.717) is 17.8 Å². The Morgan fingerprint density at radius 1 is 1.19 bits per heavy atom. The summed E-state index contributed by atoms with van der Waals surface area (Å²) in [6.45, 7) is 2.38. The van der Waals surface area contributed by atoms with Crippen LogP contribution in [0.25, 0.3) is 11.3 Å². The molecule has 8 heteroatoms. The molecule has 0 unspecified atom stereocenters. The smallest absolute Gasteiger partial charge is 0.255 e. The number of H-pyrrole nitrogens is 1. The Hall–Kier alpha value is -3.81. The molecule has 1 amide bonds. The minimum atomic E-state index is -0.157. The van der Waals surface area contributed by atoms with E-state index in [1.54, 1.807) is 10.9 Å². The topological polar surface area (TPSA) is 101 Å². The first-order chi connectivity index (χ1) is 13.2. The van der Waals surface area contributed by atoms with Crippen molar-refractivity contribution in [2.24, 2.45) is 0 Å². The Bertz CT molecular complexity index is 1050. The molecule has 0 saturated carbocycles. The average Bonchev–Trinajstić information content (AvgIpc) is 3.35. The maximum Gasteiger partial charge on any atom is 0.255 e. The summed E-state index contributed by atoms with van der Waals surface area (Å²) >= 11 is 0. The SMILES string of the molecule is Cc1ccc(-c2cn(Cc3cn[nH]n3)nn2)cc1C(=O)Nc1ccccc1. The molecule has 2 aromatic carbocycles. The van der Waals surface area contributed by atoms with E-state index in [9.17, 15) is 4.79 Å². The van der Waals surface area contributed by atoms with Gasteiger partial charge in [-0.15, -0.1) is 5.10 Å². The van der Waals surface area contributed by atoms with Crippen LogP contribution < -0.4 is 5.32 Å². The maximum atomic E-state index is 12.7. The molecular formula is C19H17N7O. The summed E-state index contributed by atoms with van der Waals surface area (Å²) in [6, 6.07) is 15.0. The average molecular weight is 359 g/mol. The summed E-state index contributed by atoms with van der Waals surface area (Å²) in [5.74, 6) is -0.157. The van der Waals surface area contributed by atoms with Crippen LogP contribution in [0.15, 0.2) is 60.9 Å². The van der Waals surface area contributed by atoms with Gasteiger partial charge in [0.1, 0.15) is 11.4 Å². The van der Waals surface area contributed by atoms with Crippen LogP contribution in [-0.2, 0) is 6.54 Å². The van der Waals surface area contributed by atoms with Crippen LogP contribution in [0, 0.1) is 6.92 Å². The van der Waals surface area contributed by atoms with Crippen molar-refractivity contribution in [1.29, 1.82) is 0 Å². The van der Waals surface area contributed by atoms with Gasteiger partial charge in [0, 0.05) is 16.8 Å². The zero-order valence-electron chi connectivity index (χ0n) is 14.6. The third-order valence-electron chi connectivity index (χ3n) is 4.14. The Labute approximate surface area is 155 Å². The van der Waals surface area contributed by atoms with E-state index in [-0.39, 0.29) is 5.91 Å². The zero-order chi connectivity index (χ0) is 18.6. The normalized spacial score (nSPS) is 10.7. The molecule has 0 bridgehead atoms. The molecule has 2 N–H and O–H groups in total. The molecule has 0 saturated heterocycles. The van der Waals surface area contributed by atoms with Crippen molar-refractivity contribution in [2.45, 2.75) is 13.5 Å². The summed E-state index contributed by atoms with van der Waals surface area (Å²) in [6.07, 6.45) is 3.46. The molecule has 4 aromatic rings.